The highest BCUT2D eigenvalue weighted by Gasteiger charge is 2.61. The number of hydrogen-bond donors (Lipinski definition) is 0. The van der Waals surface area contributed by atoms with Crippen LogP contribution in [0.1, 0.15) is 104 Å². The highest BCUT2D eigenvalue weighted by Crippen LogP contribution is 2.70. The van der Waals surface area contributed by atoms with Crippen molar-refractivity contribution >= 4 is 0 Å². The SMILES string of the molecule is CC1CCCC1(C1(C)CCCCC1)C1(C)CCCCC1. The minimum Gasteiger partial charge on any atom is -0.0619 e. The maximum Gasteiger partial charge on any atom is -0.0164 e. The smallest absolute Gasteiger partial charge is 0.0164 e. The van der Waals surface area contributed by atoms with E-state index in [1.54, 1.807) is 6.42 Å². The summed E-state index contributed by atoms with van der Waals surface area (Å²) in [5.41, 5.74) is 1.96. The average Bonchev–Trinajstić information content (AvgIpc) is 2.84. The molecular formula is C20H36. The first-order valence-corrected chi connectivity index (χ1v) is 9.54. The largest absolute Gasteiger partial charge is 0.0619 e. The third kappa shape index (κ3) is 2.00. The molecule has 0 radical (unpaired) electrons. The number of rotatable bonds is 2. The van der Waals surface area contributed by atoms with Crippen molar-refractivity contribution in [2.45, 2.75) is 104 Å². The quantitative estimate of drug-likeness (QED) is 0.524. The van der Waals surface area contributed by atoms with Gasteiger partial charge in [-0.15, -0.1) is 0 Å². The zero-order chi connectivity index (χ0) is 14.3. The van der Waals surface area contributed by atoms with Gasteiger partial charge in [0.1, 0.15) is 0 Å². The predicted molar refractivity (Wildman–Crippen MR) is 87.8 cm³/mol. The Labute approximate surface area is 127 Å². The van der Waals surface area contributed by atoms with Gasteiger partial charge in [-0.05, 0) is 54.3 Å². The van der Waals surface area contributed by atoms with Crippen molar-refractivity contribution in [2.24, 2.45) is 22.2 Å². The van der Waals surface area contributed by atoms with Crippen molar-refractivity contribution in [1.82, 2.24) is 0 Å². The van der Waals surface area contributed by atoms with Crippen LogP contribution in [0.25, 0.3) is 0 Å². The first-order chi connectivity index (χ1) is 9.54. The van der Waals surface area contributed by atoms with E-state index in [4.69, 9.17) is 0 Å². The molecule has 0 aromatic rings. The topological polar surface area (TPSA) is 0 Å². The molecule has 0 aliphatic heterocycles. The maximum atomic E-state index is 2.70. The molecule has 0 amide bonds. The molecule has 0 saturated heterocycles. The Balaban J connectivity index is 2.00. The highest BCUT2D eigenvalue weighted by atomic mass is 14.7. The molecule has 0 nitrogen and oxygen atoms in total. The van der Waals surface area contributed by atoms with Crippen molar-refractivity contribution in [1.29, 1.82) is 0 Å². The van der Waals surface area contributed by atoms with Gasteiger partial charge < -0.3 is 0 Å². The van der Waals surface area contributed by atoms with Crippen LogP contribution in [0, 0.1) is 22.2 Å². The molecule has 0 spiro atoms. The lowest BCUT2D eigenvalue weighted by Gasteiger charge is -2.62. The van der Waals surface area contributed by atoms with E-state index in [-0.39, 0.29) is 0 Å². The zero-order valence-electron chi connectivity index (χ0n) is 14.3. The highest BCUT2D eigenvalue weighted by molar-refractivity contribution is 5.11. The average molecular weight is 277 g/mol. The lowest BCUT2D eigenvalue weighted by molar-refractivity contribution is -0.132. The lowest BCUT2D eigenvalue weighted by Crippen LogP contribution is -2.54. The lowest BCUT2D eigenvalue weighted by atomic mass is 9.42. The van der Waals surface area contributed by atoms with Crippen LogP contribution >= 0.6 is 0 Å². The molecule has 116 valence electrons. The van der Waals surface area contributed by atoms with Gasteiger partial charge in [0.25, 0.3) is 0 Å². The molecule has 3 aliphatic rings. The van der Waals surface area contributed by atoms with Crippen LogP contribution in [0.3, 0.4) is 0 Å². The second kappa shape index (κ2) is 5.33. The summed E-state index contributed by atoms with van der Waals surface area (Å²) in [4.78, 5) is 0. The van der Waals surface area contributed by atoms with E-state index in [1.165, 1.54) is 77.0 Å². The maximum absolute atomic E-state index is 2.70. The van der Waals surface area contributed by atoms with Gasteiger partial charge in [-0.25, -0.2) is 0 Å². The third-order valence-electron chi connectivity index (χ3n) is 8.12. The first-order valence-electron chi connectivity index (χ1n) is 9.54. The summed E-state index contributed by atoms with van der Waals surface area (Å²) in [6.07, 6.45) is 19.6. The van der Waals surface area contributed by atoms with Crippen LogP contribution in [-0.4, -0.2) is 0 Å². The molecule has 20 heavy (non-hydrogen) atoms. The molecule has 0 N–H and O–H groups in total. The Kier molecular flexibility index (Phi) is 3.97. The van der Waals surface area contributed by atoms with E-state index < -0.39 is 0 Å². The van der Waals surface area contributed by atoms with Crippen molar-refractivity contribution in [2.75, 3.05) is 0 Å². The standard InChI is InChI=1S/C20H36/c1-17-11-10-16-20(17,18(2)12-6-4-7-13-18)19(3)14-8-5-9-15-19/h17H,4-16H2,1-3H3. The van der Waals surface area contributed by atoms with E-state index in [9.17, 15) is 0 Å². The van der Waals surface area contributed by atoms with Gasteiger partial charge >= 0.3 is 0 Å². The van der Waals surface area contributed by atoms with Crippen LogP contribution in [0.2, 0.25) is 0 Å². The van der Waals surface area contributed by atoms with Crippen molar-refractivity contribution < 1.29 is 0 Å². The van der Waals surface area contributed by atoms with Gasteiger partial charge in [0, 0.05) is 0 Å². The first kappa shape index (κ1) is 14.9. The Bertz CT molecular complexity index is 304. The molecular weight excluding hydrogens is 240 g/mol. The summed E-state index contributed by atoms with van der Waals surface area (Å²) >= 11 is 0. The molecule has 0 aromatic carbocycles. The van der Waals surface area contributed by atoms with Gasteiger partial charge in [-0.3, -0.25) is 0 Å². The summed E-state index contributed by atoms with van der Waals surface area (Å²) in [6.45, 7) is 8.02. The molecule has 1 atom stereocenters. The second-order valence-corrected chi connectivity index (χ2v) is 9.01. The Morgan fingerprint density at radius 2 is 1.05 bits per heavy atom. The van der Waals surface area contributed by atoms with E-state index in [2.05, 4.69) is 20.8 Å². The fourth-order valence-electron chi connectivity index (χ4n) is 7.26. The minimum atomic E-state index is 0.646. The Hall–Kier alpha value is 0. The number of hydrogen-bond acceptors (Lipinski definition) is 0. The molecule has 0 heteroatoms. The van der Waals surface area contributed by atoms with E-state index in [1.807, 2.05) is 0 Å². The van der Waals surface area contributed by atoms with E-state index in [0.29, 0.717) is 16.2 Å². The van der Waals surface area contributed by atoms with Crippen molar-refractivity contribution in [3.63, 3.8) is 0 Å². The van der Waals surface area contributed by atoms with Gasteiger partial charge in [0.05, 0.1) is 0 Å². The van der Waals surface area contributed by atoms with Crippen LogP contribution in [-0.2, 0) is 0 Å². The normalized spacial score (nSPS) is 35.9. The zero-order valence-corrected chi connectivity index (χ0v) is 14.3. The molecule has 3 fully saturated rings. The third-order valence-corrected chi connectivity index (χ3v) is 8.12. The fourth-order valence-corrected chi connectivity index (χ4v) is 7.26. The minimum absolute atomic E-state index is 0.646. The molecule has 3 saturated carbocycles. The van der Waals surface area contributed by atoms with E-state index >= 15 is 0 Å². The molecule has 0 aromatic heterocycles. The summed E-state index contributed by atoms with van der Waals surface area (Å²) in [6, 6.07) is 0. The molecule has 0 heterocycles. The summed E-state index contributed by atoms with van der Waals surface area (Å²) in [5, 5.41) is 0. The van der Waals surface area contributed by atoms with Gasteiger partial charge in [-0.1, -0.05) is 72.1 Å². The molecule has 3 aliphatic carbocycles. The van der Waals surface area contributed by atoms with E-state index in [0.717, 1.165) is 5.92 Å². The van der Waals surface area contributed by atoms with Crippen molar-refractivity contribution in [3.05, 3.63) is 0 Å². The van der Waals surface area contributed by atoms with Gasteiger partial charge in [0.2, 0.25) is 0 Å². The van der Waals surface area contributed by atoms with Crippen LogP contribution in [0.15, 0.2) is 0 Å². The van der Waals surface area contributed by atoms with Crippen molar-refractivity contribution in [3.8, 4) is 0 Å². The van der Waals surface area contributed by atoms with Crippen LogP contribution in [0.4, 0.5) is 0 Å². The summed E-state index contributed by atoms with van der Waals surface area (Å²) in [5.74, 6) is 0.966. The van der Waals surface area contributed by atoms with Crippen LogP contribution in [0.5, 0.6) is 0 Å². The Morgan fingerprint density at radius 1 is 0.600 bits per heavy atom. The summed E-state index contributed by atoms with van der Waals surface area (Å²) < 4.78 is 0. The monoisotopic (exact) mass is 276 g/mol. The molecule has 1 unspecified atom stereocenters. The molecule has 0 bridgehead atoms. The second-order valence-electron chi connectivity index (χ2n) is 9.01. The van der Waals surface area contributed by atoms with Gasteiger partial charge in [0.15, 0.2) is 0 Å². The Morgan fingerprint density at radius 3 is 1.40 bits per heavy atom. The van der Waals surface area contributed by atoms with Crippen LogP contribution < -0.4 is 0 Å². The van der Waals surface area contributed by atoms with Gasteiger partial charge in [-0.2, -0.15) is 0 Å². The molecule has 3 rings (SSSR count). The predicted octanol–water partition coefficient (Wildman–Crippen LogP) is 6.73. The fraction of sp³-hybridized carbons (Fsp3) is 1.00. The summed E-state index contributed by atoms with van der Waals surface area (Å²) in [7, 11) is 0.